The van der Waals surface area contributed by atoms with Gasteiger partial charge in [-0.25, -0.2) is 17.5 Å². The van der Waals surface area contributed by atoms with Crippen LogP contribution in [0.2, 0.25) is 5.02 Å². The van der Waals surface area contributed by atoms with Gasteiger partial charge in [0.25, 0.3) is 0 Å². The molecule has 1 saturated heterocycles. The Kier molecular flexibility index (Phi) is 4.42. The Morgan fingerprint density at radius 1 is 1.53 bits per heavy atom. The van der Waals surface area contributed by atoms with Gasteiger partial charge in [0.05, 0.1) is 23.1 Å². The van der Waals surface area contributed by atoms with Crippen LogP contribution < -0.4 is 4.72 Å². The summed E-state index contributed by atoms with van der Waals surface area (Å²) in [6, 6.07) is 1.67. The summed E-state index contributed by atoms with van der Waals surface area (Å²) < 4.78 is 45.1. The van der Waals surface area contributed by atoms with Gasteiger partial charge in [-0.3, -0.25) is 0 Å². The zero-order valence-electron chi connectivity index (χ0n) is 9.90. The zero-order valence-corrected chi connectivity index (χ0v) is 11.5. The van der Waals surface area contributed by atoms with Crippen LogP contribution in [0.3, 0.4) is 0 Å². The Bertz CT molecular complexity index is 572. The molecule has 1 atom stereocenters. The molecule has 1 aliphatic heterocycles. The van der Waals surface area contributed by atoms with Crippen molar-refractivity contribution >= 4 is 21.6 Å². The number of aliphatic hydroxyl groups excluding tert-OH is 1. The SMILES string of the molecule is O=S(=O)(NC1CCOC1)c1cc(F)c(Cl)c(CO)c1. The third-order valence-electron chi connectivity index (χ3n) is 2.81. The maximum atomic E-state index is 13.5. The molecule has 8 heteroatoms. The lowest BCUT2D eigenvalue weighted by atomic mass is 10.2. The van der Waals surface area contributed by atoms with Crippen molar-refractivity contribution in [3.63, 3.8) is 0 Å². The van der Waals surface area contributed by atoms with Crippen LogP contribution in [0.15, 0.2) is 17.0 Å². The smallest absolute Gasteiger partial charge is 0.241 e. The van der Waals surface area contributed by atoms with Crippen molar-refractivity contribution in [2.24, 2.45) is 0 Å². The summed E-state index contributed by atoms with van der Waals surface area (Å²) in [5, 5.41) is 8.76. The Balaban J connectivity index is 2.31. The molecule has 1 aromatic carbocycles. The molecule has 1 aliphatic rings. The first-order chi connectivity index (χ1) is 8.94. The van der Waals surface area contributed by atoms with Gasteiger partial charge >= 0.3 is 0 Å². The Labute approximate surface area is 115 Å². The highest BCUT2D eigenvalue weighted by Gasteiger charge is 2.25. The minimum Gasteiger partial charge on any atom is -0.392 e. The van der Waals surface area contributed by atoms with E-state index in [2.05, 4.69) is 4.72 Å². The van der Waals surface area contributed by atoms with Crippen molar-refractivity contribution in [3.8, 4) is 0 Å². The van der Waals surface area contributed by atoms with Crippen molar-refractivity contribution in [1.29, 1.82) is 0 Å². The van der Waals surface area contributed by atoms with Crippen LogP contribution in [0, 0.1) is 5.82 Å². The molecule has 0 amide bonds. The summed E-state index contributed by atoms with van der Waals surface area (Å²) in [5.74, 6) is -0.878. The second kappa shape index (κ2) is 5.72. The van der Waals surface area contributed by atoms with E-state index < -0.39 is 22.4 Å². The maximum absolute atomic E-state index is 13.5. The Morgan fingerprint density at radius 2 is 2.26 bits per heavy atom. The van der Waals surface area contributed by atoms with Crippen molar-refractivity contribution < 1.29 is 22.7 Å². The molecule has 0 radical (unpaired) electrons. The Morgan fingerprint density at radius 3 is 2.84 bits per heavy atom. The zero-order chi connectivity index (χ0) is 14.0. The molecule has 0 saturated carbocycles. The van der Waals surface area contributed by atoms with Crippen LogP contribution in [-0.4, -0.2) is 32.8 Å². The first-order valence-corrected chi connectivity index (χ1v) is 7.49. The third kappa shape index (κ3) is 3.24. The number of hydrogen-bond acceptors (Lipinski definition) is 4. The fourth-order valence-corrected chi connectivity index (χ4v) is 3.29. The molecule has 2 N–H and O–H groups in total. The molecule has 0 aromatic heterocycles. The molecule has 106 valence electrons. The minimum absolute atomic E-state index is 0.0321. The molecule has 1 heterocycles. The second-order valence-electron chi connectivity index (χ2n) is 4.22. The average molecular weight is 310 g/mol. The number of rotatable bonds is 4. The number of aliphatic hydroxyl groups is 1. The molecular weight excluding hydrogens is 297 g/mol. The first kappa shape index (κ1) is 14.7. The molecule has 1 fully saturated rings. The van der Waals surface area contributed by atoms with Crippen LogP contribution >= 0.6 is 11.6 Å². The van der Waals surface area contributed by atoms with E-state index in [0.717, 1.165) is 12.1 Å². The quantitative estimate of drug-likeness (QED) is 0.871. The topological polar surface area (TPSA) is 75.6 Å². The monoisotopic (exact) mass is 309 g/mol. The molecule has 5 nitrogen and oxygen atoms in total. The number of hydrogen-bond donors (Lipinski definition) is 2. The normalized spacial score (nSPS) is 19.8. The van der Waals surface area contributed by atoms with E-state index in [9.17, 15) is 12.8 Å². The van der Waals surface area contributed by atoms with Crippen LogP contribution in [-0.2, 0) is 21.4 Å². The molecule has 2 rings (SSSR count). The van der Waals surface area contributed by atoms with E-state index in [1.807, 2.05) is 0 Å². The number of ether oxygens (including phenoxy) is 1. The van der Waals surface area contributed by atoms with Gasteiger partial charge in [-0.05, 0) is 18.6 Å². The fraction of sp³-hybridized carbons (Fsp3) is 0.455. The second-order valence-corrected chi connectivity index (χ2v) is 6.31. The standard InChI is InChI=1S/C11H13ClFNO4S/c12-11-7(5-15)3-9(4-10(11)13)19(16,17)14-8-1-2-18-6-8/h3-4,8,14-15H,1-2,5-6H2. The predicted octanol–water partition coefficient (Wildman–Crippen LogP) is 1.04. The van der Waals surface area contributed by atoms with Crippen molar-refractivity contribution in [3.05, 3.63) is 28.5 Å². The van der Waals surface area contributed by atoms with Crippen molar-refractivity contribution in [2.75, 3.05) is 13.2 Å². The lowest BCUT2D eigenvalue weighted by molar-refractivity contribution is 0.192. The van der Waals surface area contributed by atoms with E-state index in [0.29, 0.717) is 19.6 Å². The van der Waals surface area contributed by atoms with Gasteiger partial charge < -0.3 is 9.84 Å². The average Bonchev–Trinajstić information content (AvgIpc) is 2.84. The van der Waals surface area contributed by atoms with Crippen LogP contribution in [0.4, 0.5) is 4.39 Å². The van der Waals surface area contributed by atoms with Gasteiger partial charge in [-0.1, -0.05) is 11.6 Å². The van der Waals surface area contributed by atoms with Crippen LogP contribution in [0.25, 0.3) is 0 Å². The van der Waals surface area contributed by atoms with Crippen molar-refractivity contribution in [1.82, 2.24) is 4.72 Å². The van der Waals surface area contributed by atoms with Crippen LogP contribution in [0.5, 0.6) is 0 Å². The lowest BCUT2D eigenvalue weighted by Gasteiger charge is -2.13. The van der Waals surface area contributed by atoms with Gasteiger partial charge in [0.2, 0.25) is 10.0 Å². The summed E-state index contributed by atoms with van der Waals surface area (Å²) in [4.78, 5) is -0.259. The molecule has 0 spiro atoms. The number of halogens is 2. The predicted molar refractivity (Wildman–Crippen MR) is 66.9 cm³/mol. The van der Waals surface area contributed by atoms with E-state index in [-0.39, 0.29) is 21.5 Å². The molecule has 1 aromatic rings. The van der Waals surface area contributed by atoms with Crippen molar-refractivity contribution in [2.45, 2.75) is 24.0 Å². The summed E-state index contributed by atoms with van der Waals surface area (Å²) >= 11 is 5.62. The van der Waals surface area contributed by atoms with E-state index in [4.69, 9.17) is 21.4 Å². The van der Waals surface area contributed by atoms with Gasteiger partial charge in [0, 0.05) is 18.2 Å². The maximum Gasteiger partial charge on any atom is 0.241 e. The largest absolute Gasteiger partial charge is 0.392 e. The highest BCUT2D eigenvalue weighted by molar-refractivity contribution is 7.89. The number of benzene rings is 1. The number of nitrogens with one attached hydrogen (secondary N) is 1. The molecule has 1 unspecified atom stereocenters. The molecule has 19 heavy (non-hydrogen) atoms. The number of sulfonamides is 1. The van der Waals surface area contributed by atoms with Gasteiger partial charge in [0.1, 0.15) is 5.82 Å². The Hall–Kier alpha value is -0.730. The summed E-state index contributed by atoms with van der Waals surface area (Å²) in [6.45, 7) is 0.248. The first-order valence-electron chi connectivity index (χ1n) is 5.63. The summed E-state index contributed by atoms with van der Waals surface area (Å²) in [7, 11) is -3.86. The van der Waals surface area contributed by atoms with Gasteiger partial charge in [-0.15, -0.1) is 0 Å². The van der Waals surface area contributed by atoms with Crippen LogP contribution in [0.1, 0.15) is 12.0 Å². The van der Waals surface area contributed by atoms with Gasteiger partial charge in [0.15, 0.2) is 0 Å². The minimum atomic E-state index is -3.86. The van der Waals surface area contributed by atoms with E-state index >= 15 is 0 Å². The highest BCUT2D eigenvalue weighted by atomic mass is 35.5. The highest BCUT2D eigenvalue weighted by Crippen LogP contribution is 2.24. The summed E-state index contributed by atoms with van der Waals surface area (Å²) in [6.07, 6.45) is 0.572. The molecule has 0 bridgehead atoms. The molecule has 0 aliphatic carbocycles. The van der Waals surface area contributed by atoms with Gasteiger partial charge in [-0.2, -0.15) is 0 Å². The third-order valence-corrected chi connectivity index (χ3v) is 4.73. The van der Waals surface area contributed by atoms with E-state index in [1.54, 1.807) is 0 Å². The summed E-state index contributed by atoms with van der Waals surface area (Å²) in [5.41, 5.74) is 0.0321. The van der Waals surface area contributed by atoms with E-state index in [1.165, 1.54) is 0 Å². The fourth-order valence-electron chi connectivity index (χ4n) is 1.80. The lowest BCUT2D eigenvalue weighted by Crippen LogP contribution is -2.35. The molecular formula is C11H13ClFNO4S.